The molecule has 0 heterocycles. The van der Waals surface area contributed by atoms with E-state index in [0.29, 0.717) is 5.02 Å². The molecule has 0 saturated carbocycles. The zero-order chi connectivity index (χ0) is 14.4. The summed E-state index contributed by atoms with van der Waals surface area (Å²) in [6.07, 6.45) is 3.05. The molecule has 5 heteroatoms. The van der Waals surface area contributed by atoms with E-state index >= 15 is 0 Å². The van der Waals surface area contributed by atoms with Gasteiger partial charge in [-0.2, -0.15) is 0 Å². The maximum Gasteiger partial charge on any atom is 0.325 e. The van der Waals surface area contributed by atoms with Crippen molar-refractivity contribution in [2.75, 3.05) is 20.7 Å². The molecular formula is C14H16ClNO3. The minimum absolute atomic E-state index is 0.0751. The summed E-state index contributed by atoms with van der Waals surface area (Å²) in [6.45, 7) is 1.83. The average Bonchev–Trinajstić information content (AvgIpc) is 2.39. The number of carbonyl (C=O) groups excluding carboxylic acids is 2. The van der Waals surface area contributed by atoms with Gasteiger partial charge in [-0.3, -0.25) is 9.59 Å². The van der Waals surface area contributed by atoms with E-state index in [4.69, 9.17) is 11.6 Å². The van der Waals surface area contributed by atoms with Crippen LogP contribution in [0, 0.1) is 6.92 Å². The number of halogens is 1. The maximum atomic E-state index is 11.7. The normalized spacial score (nSPS) is 10.5. The van der Waals surface area contributed by atoms with Gasteiger partial charge in [-0.15, -0.1) is 0 Å². The Hall–Kier alpha value is -1.81. The Balaban J connectivity index is 2.67. The number of methoxy groups -OCH3 is 1. The smallest absolute Gasteiger partial charge is 0.325 e. The van der Waals surface area contributed by atoms with Crippen molar-refractivity contribution in [3.8, 4) is 0 Å². The van der Waals surface area contributed by atoms with Gasteiger partial charge >= 0.3 is 5.97 Å². The van der Waals surface area contributed by atoms with Gasteiger partial charge in [-0.1, -0.05) is 23.7 Å². The van der Waals surface area contributed by atoms with Crippen LogP contribution in [-0.2, 0) is 14.3 Å². The highest BCUT2D eigenvalue weighted by atomic mass is 35.5. The van der Waals surface area contributed by atoms with Crippen molar-refractivity contribution in [1.29, 1.82) is 0 Å². The summed E-state index contributed by atoms with van der Waals surface area (Å²) < 4.78 is 4.49. The number of carbonyl (C=O) groups is 2. The van der Waals surface area contributed by atoms with Crippen molar-refractivity contribution in [3.05, 3.63) is 40.4 Å². The Morgan fingerprint density at radius 2 is 2.11 bits per heavy atom. The number of rotatable bonds is 4. The van der Waals surface area contributed by atoms with Crippen LogP contribution >= 0.6 is 11.6 Å². The van der Waals surface area contributed by atoms with E-state index in [-0.39, 0.29) is 12.5 Å². The van der Waals surface area contributed by atoms with Gasteiger partial charge in [0.25, 0.3) is 0 Å². The van der Waals surface area contributed by atoms with E-state index in [2.05, 4.69) is 4.74 Å². The predicted molar refractivity (Wildman–Crippen MR) is 74.9 cm³/mol. The van der Waals surface area contributed by atoms with Crippen molar-refractivity contribution in [1.82, 2.24) is 4.90 Å². The zero-order valence-corrected chi connectivity index (χ0v) is 11.9. The highest BCUT2D eigenvalue weighted by Crippen LogP contribution is 2.17. The second kappa shape index (κ2) is 6.95. The second-order valence-corrected chi connectivity index (χ2v) is 4.52. The van der Waals surface area contributed by atoms with Crippen LogP contribution in [0.25, 0.3) is 6.08 Å². The van der Waals surface area contributed by atoms with Crippen LogP contribution in [0.1, 0.15) is 11.1 Å². The van der Waals surface area contributed by atoms with Crippen LogP contribution in [0.15, 0.2) is 24.3 Å². The molecule has 102 valence electrons. The predicted octanol–water partition coefficient (Wildman–Crippen LogP) is 2.29. The first kappa shape index (κ1) is 15.2. The largest absolute Gasteiger partial charge is 0.468 e. The summed E-state index contributed by atoms with van der Waals surface area (Å²) in [5, 5.41) is 0.650. The number of ether oxygens (including phenoxy) is 1. The number of amides is 1. The third-order valence-electron chi connectivity index (χ3n) is 2.58. The molecule has 0 N–H and O–H groups in total. The lowest BCUT2D eigenvalue weighted by Crippen LogP contribution is -2.31. The number of nitrogens with zero attached hydrogens (tertiary/aromatic N) is 1. The van der Waals surface area contributed by atoms with E-state index in [0.717, 1.165) is 11.1 Å². The molecule has 0 fully saturated rings. The molecule has 0 atom stereocenters. The number of hydrogen-bond acceptors (Lipinski definition) is 3. The van der Waals surface area contributed by atoms with Gasteiger partial charge < -0.3 is 9.64 Å². The van der Waals surface area contributed by atoms with Crippen LogP contribution in [0.5, 0.6) is 0 Å². The lowest BCUT2D eigenvalue weighted by molar-refractivity contribution is -0.144. The summed E-state index contributed by atoms with van der Waals surface area (Å²) in [7, 11) is 2.82. The van der Waals surface area contributed by atoms with Crippen LogP contribution in [-0.4, -0.2) is 37.5 Å². The van der Waals surface area contributed by atoms with Crippen molar-refractivity contribution in [3.63, 3.8) is 0 Å². The van der Waals surface area contributed by atoms with Crippen LogP contribution in [0.3, 0.4) is 0 Å². The highest BCUT2D eigenvalue weighted by Gasteiger charge is 2.10. The summed E-state index contributed by atoms with van der Waals surface area (Å²) in [5.41, 5.74) is 1.81. The minimum Gasteiger partial charge on any atom is -0.468 e. The molecule has 0 aliphatic rings. The van der Waals surface area contributed by atoms with Crippen molar-refractivity contribution >= 4 is 29.6 Å². The molecule has 0 unspecified atom stereocenters. The molecule has 1 aromatic rings. The van der Waals surface area contributed by atoms with Gasteiger partial charge in [-0.25, -0.2) is 0 Å². The van der Waals surface area contributed by atoms with Crippen molar-refractivity contribution in [2.45, 2.75) is 6.92 Å². The molecule has 1 aromatic carbocycles. The number of benzene rings is 1. The van der Waals surface area contributed by atoms with E-state index in [1.165, 1.54) is 25.1 Å². The van der Waals surface area contributed by atoms with E-state index < -0.39 is 5.97 Å². The molecule has 0 spiro atoms. The number of likely N-dealkylation sites (N-methyl/N-ethyl adjacent to an activating group) is 1. The SMILES string of the molecule is COC(=O)CN(C)C(=O)/C=C/c1ccc(C)c(Cl)c1. The Bertz CT molecular complexity index is 511. The van der Waals surface area contributed by atoms with Crippen LogP contribution in [0.2, 0.25) is 5.02 Å². The van der Waals surface area contributed by atoms with Gasteiger partial charge in [0.05, 0.1) is 7.11 Å². The standard InChI is InChI=1S/C14H16ClNO3/c1-10-4-5-11(8-12(10)15)6-7-13(17)16(2)9-14(18)19-3/h4-8H,9H2,1-3H3/b7-6+. The Morgan fingerprint density at radius 1 is 1.42 bits per heavy atom. The molecule has 0 radical (unpaired) electrons. The molecule has 0 bridgehead atoms. The summed E-state index contributed by atoms with van der Waals surface area (Å²) in [6, 6.07) is 5.52. The van der Waals surface area contributed by atoms with Crippen LogP contribution in [0.4, 0.5) is 0 Å². The van der Waals surface area contributed by atoms with Gasteiger partial charge in [-0.05, 0) is 30.2 Å². The molecule has 4 nitrogen and oxygen atoms in total. The molecule has 1 amide bonds. The quantitative estimate of drug-likeness (QED) is 0.628. The lowest BCUT2D eigenvalue weighted by Gasteiger charge is -2.12. The third-order valence-corrected chi connectivity index (χ3v) is 2.99. The lowest BCUT2D eigenvalue weighted by atomic mass is 10.1. The van der Waals surface area contributed by atoms with Crippen molar-refractivity contribution < 1.29 is 14.3 Å². The number of aryl methyl sites for hydroxylation is 1. The zero-order valence-electron chi connectivity index (χ0n) is 11.1. The maximum absolute atomic E-state index is 11.7. The Labute approximate surface area is 117 Å². The average molecular weight is 282 g/mol. The topological polar surface area (TPSA) is 46.6 Å². The Morgan fingerprint density at radius 3 is 2.68 bits per heavy atom. The molecular weight excluding hydrogens is 266 g/mol. The van der Waals surface area contributed by atoms with Gasteiger partial charge in [0.2, 0.25) is 5.91 Å². The first-order valence-electron chi connectivity index (χ1n) is 5.70. The minimum atomic E-state index is -0.456. The summed E-state index contributed by atoms with van der Waals surface area (Å²) >= 11 is 5.99. The van der Waals surface area contributed by atoms with Gasteiger partial charge in [0, 0.05) is 18.1 Å². The first-order chi connectivity index (χ1) is 8.93. The van der Waals surface area contributed by atoms with E-state index in [1.54, 1.807) is 12.1 Å². The Kier molecular flexibility index (Phi) is 5.57. The summed E-state index contributed by atoms with van der Waals surface area (Å²) in [4.78, 5) is 24.0. The highest BCUT2D eigenvalue weighted by molar-refractivity contribution is 6.31. The third kappa shape index (κ3) is 4.75. The number of hydrogen-bond donors (Lipinski definition) is 0. The first-order valence-corrected chi connectivity index (χ1v) is 6.08. The van der Waals surface area contributed by atoms with Crippen LogP contribution < -0.4 is 0 Å². The molecule has 19 heavy (non-hydrogen) atoms. The molecule has 0 aromatic heterocycles. The van der Waals surface area contributed by atoms with E-state index in [1.807, 2.05) is 19.1 Å². The summed E-state index contributed by atoms with van der Waals surface area (Å²) in [5.74, 6) is -0.732. The fraction of sp³-hybridized carbons (Fsp3) is 0.286. The molecule has 1 rings (SSSR count). The fourth-order valence-corrected chi connectivity index (χ4v) is 1.53. The van der Waals surface area contributed by atoms with Gasteiger partial charge in [0.1, 0.15) is 6.54 Å². The fourth-order valence-electron chi connectivity index (χ4n) is 1.34. The second-order valence-electron chi connectivity index (χ2n) is 4.11. The monoisotopic (exact) mass is 281 g/mol. The van der Waals surface area contributed by atoms with Gasteiger partial charge in [0.15, 0.2) is 0 Å². The number of esters is 1. The van der Waals surface area contributed by atoms with E-state index in [9.17, 15) is 9.59 Å². The molecule has 0 saturated heterocycles. The molecule has 0 aliphatic carbocycles. The van der Waals surface area contributed by atoms with Crippen molar-refractivity contribution in [2.24, 2.45) is 0 Å². The molecule has 0 aliphatic heterocycles.